The average Bonchev–Trinajstić information content (AvgIpc) is 2.62. The molecule has 3 aromatic rings. The maximum atomic E-state index is 14.5. The molecule has 28 heavy (non-hydrogen) atoms. The van der Waals surface area contributed by atoms with E-state index in [1.165, 1.54) is 14.2 Å². The monoisotopic (exact) mass is 408 g/mol. The van der Waals surface area contributed by atoms with Gasteiger partial charge in [-0.15, -0.1) is 0 Å². The van der Waals surface area contributed by atoms with Crippen molar-refractivity contribution in [3.63, 3.8) is 0 Å². The fraction of sp³-hybridized carbons (Fsp3) is 0.200. The Balaban J connectivity index is 2.43. The summed E-state index contributed by atoms with van der Waals surface area (Å²) in [7, 11) is 2.89. The van der Waals surface area contributed by atoms with Crippen LogP contribution in [-0.4, -0.2) is 24.2 Å². The summed E-state index contributed by atoms with van der Waals surface area (Å²) in [5, 5.41) is 0.185. The van der Waals surface area contributed by atoms with Gasteiger partial charge in [-0.05, 0) is 19.9 Å². The Hall–Kier alpha value is -2.80. The molecule has 0 saturated carbocycles. The minimum absolute atomic E-state index is 0.0674. The normalized spacial score (nSPS) is 10.9. The second-order valence-corrected chi connectivity index (χ2v) is 6.39. The number of aryl methyl sites for hydroxylation is 2. The smallest absolute Gasteiger partial charge is 0.141 e. The second kappa shape index (κ2) is 7.67. The lowest BCUT2D eigenvalue weighted by Crippen LogP contribution is -2.04. The van der Waals surface area contributed by atoms with E-state index in [4.69, 9.17) is 21.1 Å². The van der Waals surface area contributed by atoms with Gasteiger partial charge in [-0.25, -0.2) is 23.1 Å². The molecule has 8 heteroatoms. The molecular formula is C20H16ClF3N2O2. The molecule has 146 valence electrons. The summed E-state index contributed by atoms with van der Waals surface area (Å²) in [5.74, 6) is -2.07. The van der Waals surface area contributed by atoms with Crippen LogP contribution in [0.5, 0.6) is 11.5 Å². The van der Waals surface area contributed by atoms with E-state index in [9.17, 15) is 13.2 Å². The zero-order valence-corrected chi connectivity index (χ0v) is 16.3. The van der Waals surface area contributed by atoms with Crippen LogP contribution >= 0.6 is 11.6 Å². The summed E-state index contributed by atoms with van der Waals surface area (Å²) in [6, 6.07) is 4.37. The Morgan fingerprint density at radius 2 is 1.50 bits per heavy atom. The van der Waals surface area contributed by atoms with E-state index in [0.29, 0.717) is 40.7 Å². The molecule has 1 aromatic heterocycles. The molecule has 3 rings (SSSR count). The predicted octanol–water partition coefficient (Wildman–Crippen LogP) is 5.52. The zero-order valence-electron chi connectivity index (χ0n) is 15.5. The minimum Gasteiger partial charge on any atom is -0.497 e. The molecule has 0 atom stereocenters. The largest absolute Gasteiger partial charge is 0.497 e. The Kier molecular flexibility index (Phi) is 5.47. The lowest BCUT2D eigenvalue weighted by Gasteiger charge is -2.17. The van der Waals surface area contributed by atoms with Crippen LogP contribution in [-0.2, 0) is 0 Å². The van der Waals surface area contributed by atoms with E-state index in [-0.39, 0.29) is 16.3 Å². The third-order valence-corrected chi connectivity index (χ3v) is 4.57. The highest BCUT2D eigenvalue weighted by molar-refractivity contribution is 6.35. The maximum Gasteiger partial charge on any atom is 0.141 e. The van der Waals surface area contributed by atoms with Gasteiger partial charge in [-0.1, -0.05) is 11.6 Å². The number of methoxy groups -OCH3 is 2. The molecule has 0 N–H and O–H groups in total. The van der Waals surface area contributed by atoms with Crippen LogP contribution in [0.25, 0.3) is 22.4 Å². The van der Waals surface area contributed by atoms with Crippen molar-refractivity contribution in [3.8, 4) is 33.9 Å². The van der Waals surface area contributed by atoms with Crippen molar-refractivity contribution in [3.05, 3.63) is 58.3 Å². The molecule has 0 aliphatic rings. The lowest BCUT2D eigenvalue weighted by molar-refractivity contribution is 0.395. The first-order chi connectivity index (χ1) is 13.3. The number of hydrogen-bond acceptors (Lipinski definition) is 4. The van der Waals surface area contributed by atoms with E-state index >= 15 is 0 Å². The van der Waals surface area contributed by atoms with E-state index < -0.39 is 23.0 Å². The van der Waals surface area contributed by atoms with E-state index in [1.54, 1.807) is 26.0 Å². The van der Waals surface area contributed by atoms with Crippen molar-refractivity contribution < 1.29 is 22.6 Å². The number of aromatic nitrogens is 2. The standard InChI is InChI=1S/C20H16ClF3N2O2/c1-9-17(18-14(23)5-11(22)6-15(18)24)20(26-10(2)25-9)13-7-12(27-3)8-16(28-4)19(13)21/h5-8H,1-4H3. The number of nitrogens with zero attached hydrogens (tertiary/aromatic N) is 2. The first-order valence-electron chi connectivity index (χ1n) is 8.18. The Bertz CT molecular complexity index is 1050. The fourth-order valence-corrected chi connectivity index (χ4v) is 3.27. The van der Waals surface area contributed by atoms with Gasteiger partial charge >= 0.3 is 0 Å². The number of hydrogen-bond donors (Lipinski definition) is 0. The minimum atomic E-state index is -1.07. The van der Waals surface area contributed by atoms with Gasteiger partial charge in [0.25, 0.3) is 0 Å². The third-order valence-electron chi connectivity index (χ3n) is 4.18. The molecule has 2 aromatic carbocycles. The van der Waals surface area contributed by atoms with Crippen molar-refractivity contribution >= 4 is 11.6 Å². The summed E-state index contributed by atoms with van der Waals surface area (Å²) in [5.41, 5.74) is 0.454. The Morgan fingerprint density at radius 3 is 2.07 bits per heavy atom. The molecule has 0 aliphatic carbocycles. The van der Waals surface area contributed by atoms with Crippen LogP contribution in [0, 0.1) is 31.3 Å². The van der Waals surface area contributed by atoms with Crippen LogP contribution in [0.15, 0.2) is 24.3 Å². The first kappa shape index (κ1) is 19.9. The maximum absolute atomic E-state index is 14.5. The van der Waals surface area contributed by atoms with Crippen LogP contribution in [0.1, 0.15) is 11.5 Å². The molecule has 0 saturated heterocycles. The summed E-state index contributed by atoms with van der Waals surface area (Å²) in [6.07, 6.45) is 0. The van der Waals surface area contributed by atoms with E-state index in [1.807, 2.05) is 0 Å². The van der Waals surface area contributed by atoms with Gasteiger partial charge in [-0.2, -0.15) is 0 Å². The van der Waals surface area contributed by atoms with Crippen molar-refractivity contribution in [2.45, 2.75) is 13.8 Å². The van der Waals surface area contributed by atoms with E-state index in [2.05, 4.69) is 9.97 Å². The molecule has 0 bridgehead atoms. The Morgan fingerprint density at radius 1 is 0.857 bits per heavy atom. The van der Waals surface area contributed by atoms with Crippen LogP contribution in [0.2, 0.25) is 5.02 Å². The molecule has 0 radical (unpaired) electrons. The van der Waals surface area contributed by atoms with Gasteiger partial charge in [0.2, 0.25) is 0 Å². The lowest BCUT2D eigenvalue weighted by atomic mass is 9.96. The molecule has 1 heterocycles. The third kappa shape index (κ3) is 3.49. The summed E-state index contributed by atoms with van der Waals surface area (Å²) < 4.78 is 53.0. The van der Waals surface area contributed by atoms with Gasteiger partial charge < -0.3 is 9.47 Å². The topological polar surface area (TPSA) is 44.2 Å². The van der Waals surface area contributed by atoms with E-state index in [0.717, 1.165) is 0 Å². The fourth-order valence-electron chi connectivity index (χ4n) is 3.00. The highest BCUT2D eigenvalue weighted by Crippen LogP contribution is 2.43. The highest BCUT2D eigenvalue weighted by Gasteiger charge is 2.24. The SMILES string of the molecule is COc1cc(OC)c(Cl)c(-c2nc(C)nc(C)c2-c2c(F)cc(F)cc2F)c1. The molecule has 0 unspecified atom stereocenters. The predicted molar refractivity (Wildman–Crippen MR) is 100 cm³/mol. The molecule has 0 aliphatic heterocycles. The van der Waals surface area contributed by atoms with Crippen LogP contribution in [0.3, 0.4) is 0 Å². The molecule has 4 nitrogen and oxygen atoms in total. The van der Waals surface area contributed by atoms with Gasteiger partial charge in [0, 0.05) is 35.0 Å². The molecule has 0 spiro atoms. The first-order valence-corrected chi connectivity index (χ1v) is 8.56. The molecular weight excluding hydrogens is 393 g/mol. The van der Waals surface area contributed by atoms with Gasteiger partial charge in [0.1, 0.15) is 34.8 Å². The summed E-state index contributed by atoms with van der Waals surface area (Å²) in [6.45, 7) is 3.23. The molecule has 0 fully saturated rings. The van der Waals surface area contributed by atoms with Gasteiger partial charge in [0.15, 0.2) is 0 Å². The Labute approximate surface area is 164 Å². The van der Waals surface area contributed by atoms with Crippen molar-refractivity contribution in [1.29, 1.82) is 0 Å². The van der Waals surface area contributed by atoms with Gasteiger partial charge in [-0.3, -0.25) is 0 Å². The summed E-state index contributed by atoms with van der Waals surface area (Å²) >= 11 is 6.45. The molecule has 0 amide bonds. The van der Waals surface area contributed by atoms with Crippen molar-refractivity contribution in [2.75, 3.05) is 14.2 Å². The van der Waals surface area contributed by atoms with Crippen LogP contribution < -0.4 is 9.47 Å². The number of ether oxygens (including phenoxy) is 2. The quantitative estimate of drug-likeness (QED) is 0.570. The van der Waals surface area contributed by atoms with Crippen molar-refractivity contribution in [1.82, 2.24) is 9.97 Å². The average molecular weight is 409 g/mol. The van der Waals surface area contributed by atoms with Crippen molar-refractivity contribution in [2.24, 2.45) is 0 Å². The number of halogens is 4. The second-order valence-electron chi connectivity index (χ2n) is 6.02. The summed E-state index contributed by atoms with van der Waals surface area (Å²) in [4.78, 5) is 8.57. The zero-order chi connectivity index (χ0) is 20.6. The van der Waals surface area contributed by atoms with Crippen LogP contribution in [0.4, 0.5) is 13.2 Å². The number of rotatable bonds is 4. The number of benzene rings is 2. The van der Waals surface area contributed by atoms with Gasteiger partial charge in [0.05, 0.1) is 30.5 Å². The highest BCUT2D eigenvalue weighted by atomic mass is 35.5.